The fourth-order valence-electron chi connectivity index (χ4n) is 1.96. The first-order valence-corrected chi connectivity index (χ1v) is 8.51. The molecule has 1 aromatic carbocycles. The van der Waals surface area contributed by atoms with Crippen LogP contribution in [0.4, 0.5) is 0 Å². The molecule has 0 aliphatic rings. The molecule has 114 valence electrons. The van der Waals surface area contributed by atoms with Crippen molar-refractivity contribution in [2.24, 2.45) is 0 Å². The van der Waals surface area contributed by atoms with E-state index in [0.29, 0.717) is 10.2 Å². The Morgan fingerprint density at radius 1 is 1.26 bits per heavy atom. The van der Waals surface area contributed by atoms with Crippen LogP contribution in [0.1, 0.15) is 11.9 Å². The van der Waals surface area contributed by atoms with E-state index in [9.17, 15) is 10.4 Å². The monoisotopic (exact) mass is 340 g/mol. The van der Waals surface area contributed by atoms with Crippen molar-refractivity contribution in [2.75, 3.05) is 0 Å². The molecule has 0 unspecified atom stereocenters. The second-order valence-electron chi connectivity index (χ2n) is 4.65. The number of rotatable bonds is 4. The predicted molar refractivity (Wildman–Crippen MR) is 92.1 cm³/mol. The highest BCUT2D eigenvalue weighted by atomic mass is 32.2. The molecular weight excluding hydrogens is 328 g/mol. The van der Waals surface area contributed by atoms with E-state index in [1.165, 1.54) is 23.1 Å². The van der Waals surface area contributed by atoms with Gasteiger partial charge in [-0.05, 0) is 25.1 Å². The number of aromatic nitrogens is 3. The molecule has 0 aliphatic carbocycles. The number of hydrogen-bond donors (Lipinski definition) is 1. The van der Waals surface area contributed by atoms with E-state index in [1.807, 2.05) is 24.3 Å². The van der Waals surface area contributed by atoms with E-state index in [4.69, 9.17) is 0 Å². The second kappa shape index (κ2) is 6.77. The third-order valence-corrected chi connectivity index (χ3v) is 5.14. The van der Waals surface area contributed by atoms with Crippen LogP contribution in [0, 0.1) is 11.3 Å². The lowest BCUT2D eigenvalue weighted by Gasteiger charge is -2.10. The van der Waals surface area contributed by atoms with E-state index in [2.05, 4.69) is 21.0 Å². The van der Waals surface area contributed by atoms with Gasteiger partial charge in [-0.15, -0.1) is 11.3 Å². The molecule has 0 saturated carbocycles. The van der Waals surface area contributed by atoms with Crippen molar-refractivity contribution in [3.63, 3.8) is 0 Å². The summed E-state index contributed by atoms with van der Waals surface area (Å²) < 4.78 is 0.981. The van der Waals surface area contributed by atoms with Gasteiger partial charge in [-0.3, -0.25) is 0 Å². The van der Waals surface area contributed by atoms with E-state index in [1.54, 1.807) is 25.4 Å². The fourth-order valence-corrected chi connectivity index (χ4v) is 3.72. The van der Waals surface area contributed by atoms with Crippen LogP contribution in [-0.4, -0.2) is 25.3 Å². The summed E-state index contributed by atoms with van der Waals surface area (Å²) in [6.45, 7) is 1.81. The van der Waals surface area contributed by atoms with Gasteiger partial charge in [0, 0.05) is 12.4 Å². The normalized spacial score (nSPS) is 13.4. The van der Waals surface area contributed by atoms with Crippen LogP contribution >= 0.6 is 23.1 Å². The number of aliphatic hydroxyl groups excluding tert-OH is 1. The second-order valence-corrected chi connectivity index (χ2v) is 6.99. The van der Waals surface area contributed by atoms with E-state index in [-0.39, 0.29) is 16.6 Å². The maximum atomic E-state index is 10.5. The van der Waals surface area contributed by atoms with Crippen LogP contribution < -0.4 is 0 Å². The number of allylic oxidation sites excluding steroid dienone is 1. The van der Waals surface area contributed by atoms with Crippen LogP contribution in [0.5, 0.6) is 0 Å². The first-order chi connectivity index (χ1) is 11.2. The van der Waals surface area contributed by atoms with Crippen LogP contribution in [0.2, 0.25) is 0 Å². The van der Waals surface area contributed by atoms with Crippen molar-refractivity contribution in [1.82, 2.24) is 15.0 Å². The lowest BCUT2D eigenvalue weighted by molar-refractivity contribution is 0.402. The molecule has 3 aromatic rings. The average Bonchev–Trinajstić information content (AvgIpc) is 3.00. The number of hydrogen-bond acceptors (Lipinski definition) is 7. The molecule has 2 heterocycles. The number of nitrogens with zero attached hydrogens (tertiary/aromatic N) is 4. The van der Waals surface area contributed by atoms with Crippen LogP contribution in [0.15, 0.2) is 53.6 Å². The van der Waals surface area contributed by atoms with Crippen molar-refractivity contribution in [2.45, 2.75) is 17.3 Å². The van der Waals surface area contributed by atoms with E-state index < -0.39 is 0 Å². The molecule has 23 heavy (non-hydrogen) atoms. The molecule has 5 nitrogen and oxygen atoms in total. The summed E-state index contributed by atoms with van der Waals surface area (Å²) in [6, 6.07) is 11.4. The Balaban J connectivity index is 1.94. The molecule has 3 rings (SSSR count). The van der Waals surface area contributed by atoms with Gasteiger partial charge in [0.15, 0.2) is 5.16 Å². The molecule has 1 atom stereocenters. The standard InChI is InChI=1S/C16H12N4OS2/c1-10(22-16-18-7-4-8-19-16)14(21)11(9-17)15-20-12-5-2-3-6-13(12)23-15/h2-8,10,21H,1H3/t10-/m0/s1. The minimum Gasteiger partial charge on any atom is -0.510 e. The third kappa shape index (κ3) is 3.33. The molecule has 0 saturated heterocycles. The van der Waals surface area contributed by atoms with Crippen LogP contribution in [-0.2, 0) is 0 Å². The number of thioether (sulfide) groups is 1. The molecule has 7 heteroatoms. The molecule has 1 N–H and O–H groups in total. The summed E-state index contributed by atoms with van der Waals surface area (Å²) in [5, 5.41) is 20.6. The maximum absolute atomic E-state index is 10.5. The minimum absolute atomic E-state index is 0.0102. The summed E-state index contributed by atoms with van der Waals surface area (Å²) in [7, 11) is 0. The van der Waals surface area contributed by atoms with E-state index in [0.717, 1.165) is 10.2 Å². The summed E-state index contributed by atoms with van der Waals surface area (Å²) in [5.41, 5.74) is 1.02. The minimum atomic E-state index is -0.348. The van der Waals surface area contributed by atoms with Crippen molar-refractivity contribution in [3.8, 4) is 6.07 Å². The van der Waals surface area contributed by atoms with Gasteiger partial charge in [0.25, 0.3) is 0 Å². The number of fused-ring (bicyclic) bond motifs is 1. The van der Waals surface area contributed by atoms with Gasteiger partial charge in [-0.1, -0.05) is 23.9 Å². The molecule has 2 aromatic heterocycles. The Kier molecular flexibility index (Phi) is 4.55. The molecule has 0 fully saturated rings. The van der Waals surface area contributed by atoms with Gasteiger partial charge >= 0.3 is 0 Å². The summed E-state index contributed by atoms with van der Waals surface area (Å²) in [4.78, 5) is 12.7. The van der Waals surface area contributed by atoms with Gasteiger partial charge in [0.1, 0.15) is 22.4 Å². The number of benzene rings is 1. The summed E-state index contributed by atoms with van der Waals surface area (Å²) >= 11 is 2.68. The topological polar surface area (TPSA) is 82.7 Å². The maximum Gasteiger partial charge on any atom is 0.188 e. The Hall–Kier alpha value is -2.43. The predicted octanol–water partition coefficient (Wildman–Crippen LogP) is 4.06. The van der Waals surface area contributed by atoms with Crippen molar-refractivity contribution in [1.29, 1.82) is 5.26 Å². The lowest BCUT2D eigenvalue weighted by atomic mass is 10.2. The highest BCUT2D eigenvalue weighted by molar-refractivity contribution is 7.99. The van der Waals surface area contributed by atoms with Gasteiger partial charge in [-0.25, -0.2) is 15.0 Å². The number of thiazole rings is 1. The highest BCUT2D eigenvalue weighted by Gasteiger charge is 2.20. The molecule has 0 radical (unpaired) electrons. The summed E-state index contributed by atoms with van der Waals surface area (Å²) in [6.07, 6.45) is 3.28. The first-order valence-electron chi connectivity index (χ1n) is 6.82. The quantitative estimate of drug-likeness (QED) is 0.334. The highest BCUT2D eigenvalue weighted by Crippen LogP contribution is 2.32. The SMILES string of the molecule is C[C@H](Sc1ncccn1)C(O)=C(C#N)c1nc2ccccc2s1. The first kappa shape index (κ1) is 15.5. The smallest absolute Gasteiger partial charge is 0.188 e. The van der Waals surface area contributed by atoms with Gasteiger partial charge in [0.2, 0.25) is 0 Å². The molecule has 0 bridgehead atoms. The van der Waals surface area contributed by atoms with Gasteiger partial charge in [0.05, 0.1) is 15.5 Å². The van der Waals surface area contributed by atoms with Crippen molar-refractivity contribution < 1.29 is 5.11 Å². The van der Waals surface area contributed by atoms with Crippen molar-refractivity contribution >= 4 is 38.9 Å². The number of nitriles is 1. The van der Waals surface area contributed by atoms with E-state index >= 15 is 0 Å². The Bertz CT molecular complexity index is 866. The molecule has 0 spiro atoms. The van der Waals surface area contributed by atoms with Crippen LogP contribution in [0.3, 0.4) is 0 Å². The molecule has 0 aliphatic heterocycles. The largest absolute Gasteiger partial charge is 0.510 e. The molecular formula is C16H12N4OS2. The average molecular weight is 340 g/mol. The zero-order valence-electron chi connectivity index (χ0n) is 12.2. The Morgan fingerprint density at radius 3 is 2.70 bits per heavy atom. The number of para-hydroxylation sites is 1. The van der Waals surface area contributed by atoms with Gasteiger partial charge in [-0.2, -0.15) is 5.26 Å². The lowest BCUT2D eigenvalue weighted by Crippen LogP contribution is -2.05. The zero-order chi connectivity index (χ0) is 16.2. The van der Waals surface area contributed by atoms with Gasteiger partial charge < -0.3 is 5.11 Å². The Labute approximate surface area is 141 Å². The van der Waals surface area contributed by atoms with Crippen LogP contribution in [0.25, 0.3) is 15.8 Å². The summed E-state index contributed by atoms with van der Waals surface area (Å²) in [5.74, 6) is -0.0102. The number of aliphatic hydroxyl groups is 1. The zero-order valence-corrected chi connectivity index (χ0v) is 13.8. The Morgan fingerprint density at radius 2 is 2.00 bits per heavy atom. The molecule has 0 amide bonds. The fraction of sp³-hybridized carbons (Fsp3) is 0.125. The third-order valence-electron chi connectivity index (χ3n) is 3.09. The van der Waals surface area contributed by atoms with Crippen molar-refractivity contribution in [3.05, 3.63) is 53.5 Å².